The number of ketones is 1. The minimum Gasteiger partial charge on any atom is -0.462 e. The molecule has 0 bridgehead atoms. The van der Waals surface area contributed by atoms with Crippen LogP contribution in [0.3, 0.4) is 0 Å². The SMILES string of the molecule is CCOC(=O)/C(=C\N(C)C)C(=O)c1cc(F)c(N2CCC(NC(C)=O)C2)nc1Nc1ccc(F)cc1F. The summed E-state index contributed by atoms with van der Waals surface area (Å²) in [6.07, 6.45) is 1.77. The molecule has 1 saturated heterocycles. The van der Waals surface area contributed by atoms with Gasteiger partial charge in [0.2, 0.25) is 11.7 Å². The number of anilines is 3. The molecule has 1 fully saturated rings. The molecule has 2 heterocycles. The Morgan fingerprint density at radius 3 is 2.54 bits per heavy atom. The molecule has 198 valence electrons. The summed E-state index contributed by atoms with van der Waals surface area (Å²) in [7, 11) is 3.17. The number of esters is 1. The third-order valence-corrected chi connectivity index (χ3v) is 5.41. The summed E-state index contributed by atoms with van der Waals surface area (Å²) in [5, 5.41) is 5.40. The van der Waals surface area contributed by atoms with E-state index in [2.05, 4.69) is 15.6 Å². The smallest absolute Gasteiger partial charge is 0.343 e. The number of nitrogens with zero attached hydrogens (tertiary/aromatic N) is 3. The Balaban J connectivity index is 2.09. The number of aromatic nitrogens is 1. The van der Waals surface area contributed by atoms with Gasteiger partial charge >= 0.3 is 5.97 Å². The van der Waals surface area contributed by atoms with Crippen molar-refractivity contribution < 1.29 is 32.3 Å². The highest BCUT2D eigenvalue weighted by molar-refractivity contribution is 6.25. The van der Waals surface area contributed by atoms with Crippen molar-refractivity contribution in [2.75, 3.05) is 44.0 Å². The fraction of sp³-hybridized carbons (Fsp3) is 0.360. The zero-order valence-corrected chi connectivity index (χ0v) is 20.9. The molecule has 1 aromatic carbocycles. The summed E-state index contributed by atoms with van der Waals surface area (Å²) < 4.78 is 48.2. The van der Waals surface area contributed by atoms with Crippen LogP contribution >= 0.6 is 0 Å². The molecule has 2 N–H and O–H groups in total. The molecule has 12 heteroatoms. The first-order valence-corrected chi connectivity index (χ1v) is 11.5. The number of benzene rings is 1. The number of Topliss-reactive ketones (excluding diaryl/α,β-unsaturated/α-hetero) is 1. The molecule has 1 atom stereocenters. The topological polar surface area (TPSA) is 104 Å². The quantitative estimate of drug-likeness (QED) is 0.171. The maximum Gasteiger partial charge on any atom is 0.343 e. The molecule has 1 amide bonds. The molecule has 0 saturated carbocycles. The van der Waals surface area contributed by atoms with E-state index in [1.807, 2.05) is 0 Å². The Morgan fingerprint density at radius 2 is 1.92 bits per heavy atom. The van der Waals surface area contributed by atoms with Gasteiger partial charge < -0.3 is 25.2 Å². The van der Waals surface area contributed by atoms with Gasteiger partial charge in [-0.2, -0.15) is 0 Å². The van der Waals surface area contributed by atoms with Crippen LogP contribution in [0.4, 0.5) is 30.5 Å². The van der Waals surface area contributed by atoms with Crippen LogP contribution < -0.4 is 15.5 Å². The van der Waals surface area contributed by atoms with Crippen LogP contribution in [0.25, 0.3) is 0 Å². The standard InChI is InChI=1S/C25H28F3N5O4/c1-5-37-25(36)18(13-32(3)4)22(35)17-11-20(28)24(33-9-8-16(12-33)29-14(2)34)31-23(17)30-21-7-6-15(26)10-19(21)27/h6-7,10-11,13,16H,5,8-9,12H2,1-4H3,(H,29,34)(H,30,31)/b18-13-. The van der Waals surface area contributed by atoms with E-state index in [4.69, 9.17) is 4.74 Å². The van der Waals surface area contributed by atoms with Gasteiger partial charge in [-0.25, -0.2) is 22.9 Å². The van der Waals surface area contributed by atoms with Crippen molar-refractivity contribution in [3.63, 3.8) is 0 Å². The van der Waals surface area contributed by atoms with Crippen molar-refractivity contribution in [2.45, 2.75) is 26.3 Å². The van der Waals surface area contributed by atoms with E-state index in [1.54, 1.807) is 25.9 Å². The van der Waals surface area contributed by atoms with E-state index < -0.39 is 34.8 Å². The predicted octanol–water partition coefficient (Wildman–Crippen LogP) is 3.15. The second-order valence-electron chi connectivity index (χ2n) is 8.63. The lowest BCUT2D eigenvalue weighted by molar-refractivity contribution is -0.138. The van der Waals surface area contributed by atoms with Gasteiger partial charge in [0.05, 0.1) is 17.9 Å². The normalized spacial score (nSPS) is 15.4. The third-order valence-electron chi connectivity index (χ3n) is 5.41. The molecule has 0 radical (unpaired) electrons. The molecule has 1 unspecified atom stereocenters. The highest BCUT2D eigenvalue weighted by Crippen LogP contribution is 2.31. The average Bonchev–Trinajstić information content (AvgIpc) is 3.27. The Bertz CT molecular complexity index is 1240. The largest absolute Gasteiger partial charge is 0.462 e. The number of nitrogens with one attached hydrogen (secondary N) is 2. The Morgan fingerprint density at radius 1 is 1.19 bits per heavy atom. The zero-order chi connectivity index (χ0) is 27.3. The molecule has 1 aliphatic rings. The summed E-state index contributed by atoms with van der Waals surface area (Å²) in [6, 6.07) is 3.43. The van der Waals surface area contributed by atoms with Crippen molar-refractivity contribution in [2.24, 2.45) is 0 Å². The number of rotatable bonds is 9. The van der Waals surface area contributed by atoms with Crippen LogP contribution in [0.5, 0.6) is 0 Å². The number of halogens is 3. The van der Waals surface area contributed by atoms with Crippen LogP contribution in [0.1, 0.15) is 30.6 Å². The summed E-state index contributed by atoms with van der Waals surface area (Å²) >= 11 is 0. The van der Waals surface area contributed by atoms with E-state index >= 15 is 4.39 Å². The molecule has 2 aromatic rings. The predicted molar refractivity (Wildman–Crippen MR) is 131 cm³/mol. The van der Waals surface area contributed by atoms with Gasteiger partial charge in [0.25, 0.3) is 0 Å². The van der Waals surface area contributed by atoms with Gasteiger partial charge in [0.1, 0.15) is 23.0 Å². The summed E-state index contributed by atoms with van der Waals surface area (Å²) in [6.45, 7) is 3.57. The maximum absolute atomic E-state index is 15.3. The number of hydrogen-bond acceptors (Lipinski definition) is 8. The average molecular weight is 520 g/mol. The van der Waals surface area contributed by atoms with Gasteiger partial charge in [-0.1, -0.05) is 0 Å². The van der Waals surface area contributed by atoms with E-state index in [-0.39, 0.29) is 48.0 Å². The van der Waals surface area contributed by atoms with Crippen molar-refractivity contribution in [1.82, 2.24) is 15.2 Å². The minimum atomic E-state index is -0.965. The first-order chi connectivity index (χ1) is 17.5. The Hall–Kier alpha value is -4.09. The van der Waals surface area contributed by atoms with Gasteiger partial charge in [0, 0.05) is 52.4 Å². The number of carbonyl (C=O) groups excluding carboxylic acids is 3. The fourth-order valence-corrected chi connectivity index (χ4v) is 3.86. The zero-order valence-electron chi connectivity index (χ0n) is 20.9. The van der Waals surface area contributed by atoms with E-state index in [1.165, 1.54) is 18.0 Å². The first kappa shape index (κ1) is 27.5. The third kappa shape index (κ3) is 6.78. The molecule has 37 heavy (non-hydrogen) atoms. The number of carbonyl (C=O) groups is 3. The number of hydrogen-bond donors (Lipinski definition) is 2. The van der Waals surface area contributed by atoms with Crippen molar-refractivity contribution in [3.05, 3.63) is 59.1 Å². The summed E-state index contributed by atoms with van der Waals surface area (Å²) in [5.41, 5.74) is -0.966. The highest BCUT2D eigenvalue weighted by atomic mass is 19.1. The lowest BCUT2D eigenvalue weighted by atomic mass is 10.0. The van der Waals surface area contributed by atoms with Crippen LogP contribution in [-0.2, 0) is 14.3 Å². The second kappa shape index (κ2) is 11.8. The second-order valence-corrected chi connectivity index (χ2v) is 8.63. The van der Waals surface area contributed by atoms with Crippen molar-refractivity contribution in [3.8, 4) is 0 Å². The van der Waals surface area contributed by atoms with Crippen molar-refractivity contribution in [1.29, 1.82) is 0 Å². The highest BCUT2D eigenvalue weighted by Gasteiger charge is 2.30. The minimum absolute atomic E-state index is 0.00124. The maximum atomic E-state index is 15.3. The molecule has 1 aliphatic heterocycles. The van der Waals surface area contributed by atoms with Crippen LogP contribution in [0.15, 0.2) is 36.0 Å². The molecule has 0 spiro atoms. The monoisotopic (exact) mass is 519 g/mol. The molecule has 3 rings (SSSR count). The molecule has 1 aromatic heterocycles. The lowest BCUT2D eigenvalue weighted by Crippen LogP contribution is -2.36. The molecule has 0 aliphatic carbocycles. The van der Waals surface area contributed by atoms with Crippen LogP contribution in [-0.4, -0.2) is 67.4 Å². The first-order valence-electron chi connectivity index (χ1n) is 11.5. The number of amides is 1. The van der Waals surface area contributed by atoms with Gasteiger partial charge in [-0.3, -0.25) is 9.59 Å². The van der Waals surface area contributed by atoms with Crippen LogP contribution in [0.2, 0.25) is 0 Å². The summed E-state index contributed by atoms with van der Waals surface area (Å²) in [4.78, 5) is 44.7. The van der Waals surface area contributed by atoms with Crippen LogP contribution in [0, 0.1) is 17.5 Å². The van der Waals surface area contributed by atoms with E-state index in [0.29, 0.717) is 19.0 Å². The molecular formula is C25H28F3N5O4. The fourth-order valence-electron chi connectivity index (χ4n) is 3.86. The Kier molecular flexibility index (Phi) is 8.74. The summed E-state index contributed by atoms with van der Waals surface area (Å²) in [5.74, 6) is -5.08. The van der Waals surface area contributed by atoms with E-state index in [0.717, 1.165) is 18.2 Å². The number of pyridine rings is 1. The number of ether oxygens (including phenoxy) is 1. The van der Waals surface area contributed by atoms with E-state index in [9.17, 15) is 23.2 Å². The van der Waals surface area contributed by atoms with Crippen molar-refractivity contribution >= 4 is 35.0 Å². The van der Waals surface area contributed by atoms with Gasteiger partial charge in [-0.15, -0.1) is 0 Å². The van der Waals surface area contributed by atoms with Gasteiger partial charge in [0.15, 0.2) is 11.6 Å². The molecular weight excluding hydrogens is 491 g/mol. The lowest BCUT2D eigenvalue weighted by Gasteiger charge is -2.21. The van der Waals surface area contributed by atoms with Gasteiger partial charge in [-0.05, 0) is 31.5 Å². The Labute approximate surface area is 212 Å². The molecule has 9 nitrogen and oxygen atoms in total.